The highest BCUT2D eigenvalue weighted by molar-refractivity contribution is 5.07. The Hall–Kier alpha value is -1.19. The molecular formula is C11H16F3N3O3. The van der Waals surface area contributed by atoms with Crippen LogP contribution in [0.5, 0.6) is 0 Å². The molecule has 1 aliphatic rings. The molecule has 1 aliphatic heterocycles. The third-order valence-corrected chi connectivity index (χ3v) is 3.26. The smallest absolute Gasteiger partial charge is 0.381 e. The molecule has 0 aliphatic carbocycles. The van der Waals surface area contributed by atoms with Crippen molar-refractivity contribution in [1.82, 2.24) is 10.1 Å². The first-order chi connectivity index (χ1) is 9.45. The molecular weight excluding hydrogens is 279 g/mol. The zero-order valence-corrected chi connectivity index (χ0v) is 10.8. The Morgan fingerprint density at radius 3 is 2.60 bits per heavy atom. The monoisotopic (exact) mass is 295 g/mol. The normalized spacial score (nSPS) is 19.2. The molecule has 9 heteroatoms. The van der Waals surface area contributed by atoms with Gasteiger partial charge >= 0.3 is 6.18 Å². The molecule has 20 heavy (non-hydrogen) atoms. The van der Waals surface area contributed by atoms with E-state index in [0.717, 1.165) is 0 Å². The van der Waals surface area contributed by atoms with E-state index in [2.05, 4.69) is 14.9 Å². The second kappa shape index (κ2) is 6.06. The molecule has 0 spiro atoms. The van der Waals surface area contributed by atoms with Crippen LogP contribution in [-0.4, -0.2) is 42.7 Å². The maximum atomic E-state index is 12.0. The first-order valence-corrected chi connectivity index (χ1v) is 6.21. The summed E-state index contributed by atoms with van der Waals surface area (Å²) in [5, 5.41) is 3.63. The molecule has 2 rings (SSSR count). The lowest BCUT2D eigenvalue weighted by molar-refractivity contribution is -0.177. The number of nitrogens with two attached hydrogens (primary N) is 1. The van der Waals surface area contributed by atoms with E-state index in [4.69, 9.17) is 15.0 Å². The van der Waals surface area contributed by atoms with Crippen molar-refractivity contribution < 1.29 is 27.2 Å². The van der Waals surface area contributed by atoms with E-state index in [1.54, 1.807) is 0 Å². The van der Waals surface area contributed by atoms with Gasteiger partial charge in [-0.15, -0.1) is 0 Å². The fourth-order valence-electron chi connectivity index (χ4n) is 2.05. The van der Waals surface area contributed by atoms with Crippen molar-refractivity contribution in [2.45, 2.75) is 31.0 Å². The lowest BCUT2D eigenvalue weighted by atomic mass is 9.80. The van der Waals surface area contributed by atoms with Gasteiger partial charge in [0, 0.05) is 19.8 Å². The Kier molecular flexibility index (Phi) is 4.61. The summed E-state index contributed by atoms with van der Waals surface area (Å²) in [4.78, 5) is 4.09. The van der Waals surface area contributed by atoms with Crippen molar-refractivity contribution in [2.75, 3.05) is 26.4 Å². The van der Waals surface area contributed by atoms with Crippen molar-refractivity contribution in [2.24, 2.45) is 5.73 Å². The second-order valence-corrected chi connectivity index (χ2v) is 4.72. The van der Waals surface area contributed by atoms with E-state index in [1.807, 2.05) is 0 Å². The predicted octanol–water partition coefficient (Wildman–Crippen LogP) is 1.16. The number of ether oxygens (including phenoxy) is 2. The highest BCUT2D eigenvalue weighted by Crippen LogP contribution is 2.32. The average Bonchev–Trinajstić information content (AvgIpc) is 2.87. The summed E-state index contributed by atoms with van der Waals surface area (Å²) >= 11 is 0. The van der Waals surface area contributed by atoms with Crippen LogP contribution in [-0.2, 0) is 21.5 Å². The SMILES string of the molecule is NCC1(c2nc(COCC(F)(F)F)no2)CCOCC1. The van der Waals surface area contributed by atoms with Crippen molar-refractivity contribution >= 4 is 0 Å². The van der Waals surface area contributed by atoms with E-state index in [0.29, 0.717) is 38.5 Å². The van der Waals surface area contributed by atoms with Crippen molar-refractivity contribution in [3.8, 4) is 0 Å². The van der Waals surface area contributed by atoms with Gasteiger partial charge in [0.15, 0.2) is 5.82 Å². The highest BCUT2D eigenvalue weighted by atomic mass is 19.4. The van der Waals surface area contributed by atoms with Gasteiger partial charge in [0.25, 0.3) is 0 Å². The van der Waals surface area contributed by atoms with E-state index in [9.17, 15) is 13.2 Å². The lowest BCUT2D eigenvalue weighted by Crippen LogP contribution is -2.40. The molecule has 0 bridgehead atoms. The molecule has 1 fully saturated rings. The summed E-state index contributed by atoms with van der Waals surface area (Å²) in [6.45, 7) is -0.284. The number of alkyl halides is 3. The summed E-state index contributed by atoms with van der Waals surface area (Å²) in [5.74, 6) is 0.428. The third kappa shape index (κ3) is 3.68. The van der Waals surface area contributed by atoms with Gasteiger partial charge in [-0.05, 0) is 12.8 Å². The van der Waals surface area contributed by atoms with Crippen molar-refractivity contribution in [3.05, 3.63) is 11.7 Å². The van der Waals surface area contributed by atoms with Gasteiger partial charge in [0.1, 0.15) is 13.2 Å². The molecule has 1 saturated heterocycles. The Balaban J connectivity index is 1.97. The van der Waals surface area contributed by atoms with Crippen LogP contribution in [0.1, 0.15) is 24.6 Å². The van der Waals surface area contributed by atoms with Gasteiger partial charge in [0.05, 0.1) is 5.41 Å². The van der Waals surface area contributed by atoms with Crippen molar-refractivity contribution in [1.29, 1.82) is 0 Å². The fourth-order valence-corrected chi connectivity index (χ4v) is 2.05. The molecule has 0 radical (unpaired) electrons. The van der Waals surface area contributed by atoms with Crippen LogP contribution >= 0.6 is 0 Å². The molecule has 1 aromatic heterocycles. The first kappa shape index (κ1) is 15.2. The average molecular weight is 295 g/mol. The van der Waals surface area contributed by atoms with E-state index >= 15 is 0 Å². The minimum atomic E-state index is -4.37. The molecule has 6 nitrogen and oxygen atoms in total. The molecule has 2 N–H and O–H groups in total. The molecule has 0 atom stereocenters. The molecule has 114 valence electrons. The number of hydrogen-bond acceptors (Lipinski definition) is 6. The van der Waals surface area contributed by atoms with Crippen LogP contribution in [0.4, 0.5) is 13.2 Å². The molecule has 0 amide bonds. The number of hydrogen-bond donors (Lipinski definition) is 1. The predicted molar refractivity (Wildman–Crippen MR) is 60.8 cm³/mol. The summed E-state index contributed by atoms with van der Waals surface area (Å²) in [5.41, 5.74) is 5.32. The summed E-state index contributed by atoms with van der Waals surface area (Å²) in [6.07, 6.45) is -3.07. The largest absolute Gasteiger partial charge is 0.411 e. The zero-order chi connectivity index (χ0) is 14.6. The first-order valence-electron chi connectivity index (χ1n) is 6.21. The van der Waals surface area contributed by atoms with E-state index in [1.165, 1.54) is 0 Å². The Labute approximate surface area is 113 Å². The Morgan fingerprint density at radius 2 is 2.00 bits per heavy atom. The minimum Gasteiger partial charge on any atom is -0.381 e. The summed E-state index contributed by atoms with van der Waals surface area (Å²) in [6, 6.07) is 0. The van der Waals surface area contributed by atoms with Crippen LogP contribution in [0.3, 0.4) is 0 Å². The van der Waals surface area contributed by atoms with Gasteiger partial charge in [-0.3, -0.25) is 0 Å². The summed E-state index contributed by atoms with van der Waals surface area (Å²) in [7, 11) is 0. The van der Waals surface area contributed by atoms with Gasteiger partial charge in [0.2, 0.25) is 5.89 Å². The van der Waals surface area contributed by atoms with Gasteiger partial charge in [-0.2, -0.15) is 18.2 Å². The highest BCUT2D eigenvalue weighted by Gasteiger charge is 2.38. The van der Waals surface area contributed by atoms with Crippen LogP contribution < -0.4 is 5.73 Å². The minimum absolute atomic E-state index is 0.0866. The van der Waals surface area contributed by atoms with E-state index < -0.39 is 18.2 Å². The Morgan fingerprint density at radius 1 is 1.30 bits per heavy atom. The van der Waals surface area contributed by atoms with Crippen molar-refractivity contribution in [3.63, 3.8) is 0 Å². The van der Waals surface area contributed by atoms with Gasteiger partial charge in [-0.25, -0.2) is 0 Å². The van der Waals surface area contributed by atoms with Gasteiger partial charge < -0.3 is 19.7 Å². The number of aromatic nitrogens is 2. The summed E-state index contributed by atoms with van der Waals surface area (Å²) < 4.78 is 50.7. The molecule has 0 unspecified atom stereocenters. The van der Waals surface area contributed by atoms with Gasteiger partial charge in [-0.1, -0.05) is 5.16 Å². The Bertz CT molecular complexity index is 430. The standard InChI is InChI=1S/C11H16F3N3O3/c12-11(13,14)7-19-5-8-16-9(20-17-8)10(6-15)1-3-18-4-2-10/h1-7,15H2. The van der Waals surface area contributed by atoms with Crippen LogP contribution in [0.25, 0.3) is 0 Å². The molecule has 0 saturated carbocycles. The van der Waals surface area contributed by atoms with E-state index in [-0.39, 0.29) is 12.4 Å². The number of rotatable bonds is 5. The third-order valence-electron chi connectivity index (χ3n) is 3.26. The number of nitrogens with zero attached hydrogens (tertiary/aromatic N) is 2. The zero-order valence-electron chi connectivity index (χ0n) is 10.8. The topological polar surface area (TPSA) is 83.4 Å². The maximum absolute atomic E-state index is 12.0. The maximum Gasteiger partial charge on any atom is 0.411 e. The molecule has 1 aromatic rings. The van der Waals surface area contributed by atoms with Crippen LogP contribution in [0.2, 0.25) is 0 Å². The fraction of sp³-hybridized carbons (Fsp3) is 0.818. The van der Waals surface area contributed by atoms with Crippen LogP contribution in [0, 0.1) is 0 Å². The number of halogens is 3. The second-order valence-electron chi connectivity index (χ2n) is 4.72. The van der Waals surface area contributed by atoms with Crippen LogP contribution in [0.15, 0.2) is 4.52 Å². The molecule has 0 aromatic carbocycles. The lowest BCUT2D eigenvalue weighted by Gasteiger charge is -2.32. The molecule has 2 heterocycles. The quantitative estimate of drug-likeness (QED) is 0.877.